The Morgan fingerprint density at radius 2 is 0.529 bits per heavy atom. The van der Waals surface area contributed by atoms with E-state index in [-0.39, 0.29) is 54.9 Å². The van der Waals surface area contributed by atoms with Crippen molar-refractivity contribution in [1.82, 2.24) is 45.0 Å². The minimum absolute atomic E-state index is 0. The predicted molar refractivity (Wildman–Crippen MR) is 203 cm³/mol. The molecule has 0 aliphatic heterocycles. The van der Waals surface area contributed by atoms with Crippen LogP contribution in [0.25, 0.3) is 50.2 Å². The van der Waals surface area contributed by atoms with Crippen LogP contribution in [0.4, 0.5) is 79.0 Å². The summed E-state index contributed by atoms with van der Waals surface area (Å²) >= 11 is 0. The maximum atomic E-state index is 13.1. The second kappa shape index (κ2) is 19.0. The second-order valence-electron chi connectivity index (χ2n) is 13.9. The third-order valence-corrected chi connectivity index (χ3v) is 9.21. The summed E-state index contributed by atoms with van der Waals surface area (Å²) in [6.07, 6.45) is -29.6. The van der Waals surface area contributed by atoms with Crippen molar-refractivity contribution >= 4 is 33.1 Å². The van der Waals surface area contributed by atoms with Gasteiger partial charge in [-0.3, -0.25) is 0 Å². The van der Waals surface area contributed by atoms with E-state index in [1.54, 1.807) is 0 Å². The summed E-state index contributed by atoms with van der Waals surface area (Å²) in [5.74, 6) is 0. The van der Waals surface area contributed by atoms with Crippen molar-refractivity contribution in [2.24, 2.45) is 0 Å². The number of alkyl halides is 18. The minimum atomic E-state index is -4.98. The molecule has 9 rings (SSSR count). The average Bonchev–Trinajstić information content (AvgIpc) is 4.02. The van der Waals surface area contributed by atoms with E-state index in [0.29, 0.717) is 67.3 Å². The molecule has 6 aromatic carbocycles. The second-order valence-corrected chi connectivity index (χ2v) is 13.9. The summed E-state index contributed by atoms with van der Waals surface area (Å²) < 4.78 is 232. The van der Waals surface area contributed by atoms with Crippen LogP contribution in [0.15, 0.2) is 109 Å². The first kappa shape index (κ1) is 52.3. The Morgan fingerprint density at radius 1 is 0.300 bits per heavy atom. The third kappa shape index (κ3) is 11.7. The summed E-state index contributed by atoms with van der Waals surface area (Å²) in [7, 11) is 0. The van der Waals surface area contributed by atoms with E-state index in [1.807, 2.05) is 0 Å². The van der Waals surface area contributed by atoms with Crippen LogP contribution in [0, 0.1) is 18.2 Å². The molecule has 0 spiro atoms. The molecule has 0 saturated heterocycles. The molecule has 0 atom stereocenters. The molecule has 70 heavy (non-hydrogen) atoms. The molecule has 0 aliphatic rings. The van der Waals surface area contributed by atoms with Crippen LogP contribution < -0.4 is 0 Å². The molecule has 0 amide bonds. The number of hydrogen-bond donors (Lipinski definition) is 0. The molecule has 3 heterocycles. The van der Waals surface area contributed by atoms with Crippen LogP contribution in [0.3, 0.4) is 0 Å². The van der Waals surface area contributed by atoms with E-state index in [0.717, 1.165) is 0 Å². The normalized spacial score (nSPS) is 12.6. The quantitative estimate of drug-likeness (QED) is 0.129. The topological polar surface area (TPSA) is 92.1 Å². The van der Waals surface area contributed by atoms with E-state index >= 15 is 0 Å². The van der Waals surface area contributed by atoms with Gasteiger partial charge in [-0.05, 0) is 54.6 Å². The fourth-order valence-electron chi connectivity index (χ4n) is 6.08. The predicted octanol–water partition coefficient (Wildman–Crippen LogP) is 12.8. The fourth-order valence-corrected chi connectivity index (χ4v) is 6.08. The number of hydrogen-bond acceptors (Lipinski definition) is 6. The fraction of sp³-hybridized carbons (Fsp3) is 0.143. The molecule has 28 heteroatoms. The zero-order valence-electron chi connectivity index (χ0n) is 33.6. The maximum Gasteiger partial charge on any atom is 3.00 e. The van der Waals surface area contributed by atoms with E-state index in [1.165, 1.54) is 54.6 Å². The molecule has 366 valence electrons. The van der Waals surface area contributed by atoms with Crippen molar-refractivity contribution in [1.29, 1.82) is 0 Å². The molecule has 3 aromatic heterocycles. The largest absolute Gasteiger partial charge is 3.00 e. The van der Waals surface area contributed by atoms with Gasteiger partial charge in [0.15, 0.2) is 0 Å². The van der Waals surface area contributed by atoms with Gasteiger partial charge in [0.1, 0.15) is 0 Å². The molecule has 9 aromatic rings. The standard InChI is InChI=1S/3C14H6F6N3.Ir/c3*15-13(16,17)8-5-6-12(9(7-8)14(18,19)20)23-21-10-3-1-2-4-11(10)22-23;/h3*1,3-7H;/q3*-1;+3. The number of aromatic nitrogens is 9. The van der Waals surface area contributed by atoms with Gasteiger partial charge in [-0.25, -0.2) is 15.3 Å². The number of halogens is 18. The van der Waals surface area contributed by atoms with E-state index in [9.17, 15) is 79.0 Å². The van der Waals surface area contributed by atoms with Gasteiger partial charge < -0.3 is 0 Å². The number of rotatable bonds is 3. The van der Waals surface area contributed by atoms with Crippen molar-refractivity contribution in [2.45, 2.75) is 37.1 Å². The monoisotopic (exact) mass is 1180 g/mol. The molecular weight excluding hydrogens is 1160 g/mol. The van der Waals surface area contributed by atoms with E-state index in [2.05, 4.69) is 48.8 Å². The van der Waals surface area contributed by atoms with Crippen molar-refractivity contribution in [3.05, 3.63) is 161 Å². The molecule has 0 aliphatic carbocycles. The summed E-state index contributed by atoms with van der Waals surface area (Å²) in [6, 6.07) is 25.2. The van der Waals surface area contributed by atoms with Crippen LogP contribution in [0.1, 0.15) is 33.4 Å². The number of nitrogens with zero attached hydrogens (tertiary/aromatic N) is 9. The van der Waals surface area contributed by atoms with Gasteiger partial charge in [-0.1, -0.05) is 0 Å². The molecule has 9 nitrogen and oxygen atoms in total. The van der Waals surface area contributed by atoms with Gasteiger partial charge in [0.25, 0.3) is 0 Å². The first-order valence-corrected chi connectivity index (χ1v) is 18.5. The van der Waals surface area contributed by atoms with Crippen molar-refractivity contribution in [2.75, 3.05) is 0 Å². The molecular formula is C42H18F18IrN9. The van der Waals surface area contributed by atoms with Gasteiger partial charge in [0.2, 0.25) is 0 Å². The maximum absolute atomic E-state index is 13.1. The van der Waals surface area contributed by atoms with Gasteiger partial charge >= 0.3 is 57.2 Å². The van der Waals surface area contributed by atoms with Crippen LogP contribution in [-0.4, -0.2) is 45.0 Å². The molecule has 0 saturated carbocycles. The Kier molecular flexibility index (Phi) is 14.2. The zero-order valence-corrected chi connectivity index (χ0v) is 35.9. The molecule has 0 bridgehead atoms. The van der Waals surface area contributed by atoms with Crippen molar-refractivity contribution < 1.29 is 99.1 Å². The van der Waals surface area contributed by atoms with E-state index < -0.39 is 87.5 Å². The SMILES string of the molecule is FC(F)(F)c1ccc(-n2nc3c[c-]ccc3n2)c(C(F)(F)F)c1.FC(F)(F)c1ccc(-n2nc3c[c-]ccc3n2)c(C(F)(F)F)c1.FC(F)(F)c1ccc(-n2nc3c[c-]ccc3n2)c(C(F)(F)F)c1.[Ir+3]. The van der Waals surface area contributed by atoms with Gasteiger partial charge in [-0.15, -0.1) is 36.4 Å². The van der Waals surface area contributed by atoms with E-state index in [4.69, 9.17) is 0 Å². The summed E-state index contributed by atoms with van der Waals surface area (Å²) in [4.78, 5) is 2.00. The zero-order chi connectivity index (χ0) is 50.5. The first-order chi connectivity index (χ1) is 32.0. The minimum Gasteiger partial charge on any atom is -0.215 e. The Morgan fingerprint density at radius 3 is 0.729 bits per heavy atom. The van der Waals surface area contributed by atoms with Gasteiger partial charge in [0.05, 0.1) is 50.4 Å². The van der Waals surface area contributed by atoms with Crippen molar-refractivity contribution in [3.8, 4) is 17.1 Å². The third-order valence-electron chi connectivity index (χ3n) is 9.21. The van der Waals surface area contributed by atoms with Crippen molar-refractivity contribution in [3.63, 3.8) is 0 Å². The Hall–Kier alpha value is -7.09. The summed E-state index contributed by atoms with van der Waals surface area (Å²) in [5, 5.41) is 23.1. The number of fused-ring (bicyclic) bond motifs is 3. The first-order valence-electron chi connectivity index (χ1n) is 18.5. The summed E-state index contributed by atoms with van der Waals surface area (Å²) in [5.41, 5.74) is -8.56. The number of benzene rings is 6. The Labute approximate surface area is 391 Å². The summed E-state index contributed by atoms with van der Waals surface area (Å²) in [6.45, 7) is 0. The average molecular weight is 1180 g/mol. The van der Waals surface area contributed by atoms with Crippen LogP contribution in [0.2, 0.25) is 0 Å². The van der Waals surface area contributed by atoms with Crippen LogP contribution in [0.5, 0.6) is 0 Å². The smallest absolute Gasteiger partial charge is 0.215 e. The van der Waals surface area contributed by atoms with Gasteiger partial charge in [-0.2, -0.15) is 145 Å². The van der Waals surface area contributed by atoms with Crippen LogP contribution in [-0.2, 0) is 57.2 Å². The molecule has 0 fully saturated rings. The Balaban J connectivity index is 0.000000171. The van der Waals surface area contributed by atoms with Gasteiger partial charge in [0, 0.05) is 33.1 Å². The Bertz CT molecular complexity index is 2840. The molecule has 0 radical (unpaired) electrons. The molecule has 0 N–H and O–H groups in total. The van der Waals surface area contributed by atoms with Crippen LogP contribution >= 0.6 is 0 Å². The molecule has 0 unspecified atom stereocenters.